The lowest BCUT2D eigenvalue weighted by molar-refractivity contribution is -0.116. The number of hydrogen-bond donors (Lipinski definition) is 1. The number of anilines is 1. The zero-order chi connectivity index (χ0) is 13.7. The van der Waals surface area contributed by atoms with Crippen LogP contribution >= 0.6 is 11.6 Å². The average Bonchev–Trinajstić information content (AvgIpc) is 2.40. The summed E-state index contributed by atoms with van der Waals surface area (Å²) in [5.74, 6) is -0.175. The van der Waals surface area contributed by atoms with Gasteiger partial charge in [-0.25, -0.2) is 4.79 Å². The normalized spacial score (nSPS) is 15.0. The summed E-state index contributed by atoms with van der Waals surface area (Å²) < 4.78 is 4.89. The lowest BCUT2D eigenvalue weighted by Gasteiger charge is -2.25. The zero-order valence-electron chi connectivity index (χ0n) is 10.4. The summed E-state index contributed by atoms with van der Waals surface area (Å²) in [6, 6.07) is 7.03. The van der Waals surface area contributed by atoms with Crippen molar-refractivity contribution >= 4 is 29.3 Å². The molecule has 0 bridgehead atoms. The fraction of sp³-hybridized carbons (Fsp3) is 0.385. The van der Waals surface area contributed by atoms with Gasteiger partial charge in [0.15, 0.2) is 0 Å². The predicted octanol–water partition coefficient (Wildman–Crippen LogP) is 2.51. The number of rotatable bonds is 4. The summed E-state index contributed by atoms with van der Waals surface area (Å²) in [6.45, 7) is 1.45. The van der Waals surface area contributed by atoms with Crippen molar-refractivity contribution in [2.75, 3.05) is 25.0 Å². The Morgan fingerprint density at radius 2 is 2.21 bits per heavy atom. The molecular formula is C13H15ClN2O3. The van der Waals surface area contributed by atoms with Gasteiger partial charge < -0.3 is 15.0 Å². The Morgan fingerprint density at radius 3 is 2.95 bits per heavy atom. The van der Waals surface area contributed by atoms with Gasteiger partial charge in [-0.1, -0.05) is 23.7 Å². The molecule has 0 atom stereocenters. The Hall–Kier alpha value is -1.75. The Bertz CT molecular complexity index is 479. The van der Waals surface area contributed by atoms with E-state index in [0.29, 0.717) is 30.4 Å². The first-order valence-electron chi connectivity index (χ1n) is 6.13. The van der Waals surface area contributed by atoms with Crippen LogP contribution in [-0.4, -0.2) is 36.6 Å². The Labute approximate surface area is 116 Å². The van der Waals surface area contributed by atoms with E-state index in [1.807, 2.05) is 0 Å². The van der Waals surface area contributed by atoms with E-state index in [0.717, 1.165) is 6.42 Å². The third-order valence-corrected chi connectivity index (χ3v) is 3.14. The lowest BCUT2D eigenvalue weighted by atomic mass is 10.3. The summed E-state index contributed by atoms with van der Waals surface area (Å²) in [5.41, 5.74) is 0.579. The van der Waals surface area contributed by atoms with Gasteiger partial charge in [0.05, 0.1) is 17.3 Å². The van der Waals surface area contributed by atoms with Crippen LogP contribution in [-0.2, 0) is 9.53 Å². The minimum atomic E-state index is -0.350. The van der Waals surface area contributed by atoms with Crippen molar-refractivity contribution in [2.45, 2.75) is 12.8 Å². The second-order valence-electron chi connectivity index (χ2n) is 4.23. The smallest absolute Gasteiger partial charge is 0.409 e. The van der Waals surface area contributed by atoms with E-state index in [-0.39, 0.29) is 18.4 Å². The van der Waals surface area contributed by atoms with Crippen LogP contribution in [0.3, 0.4) is 0 Å². The molecule has 0 radical (unpaired) electrons. The summed E-state index contributed by atoms with van der Waals surface area (Å²) in [5, 5.41) is 3.21. The van der Waals surface area contributed by atoms with E-state index in [9.17, 15) is 9.59 Å². The predicted molar refractivity (Wildman–Crippen MR) is 72.2 cm³/mol. The fourth-order valence-corrected chi connectivity index (χ4v) is 2.00. The molecule has 1 saturated heterocycles. The van der Waals surface area contributed by atoms with Crippen LogP contribution in [0.5, 0.6) is 0 Å². The van der Waals surface area contributed by atoms with Crippen LogP contribution < -0.4 is 5.32 Å². The molecule has 102 valence electrons. The molecule has 6 heteroatoms. The number of cyclic esters (lactones) is 1. The number of nitrogens with zero attached hydrogens (tertiary/aromatic N) is 1. The van der Waals surface area contributed by atoms with Crippen LogP contribution in [0.15, 0.2) is 24.3 Å². The van der Waals surface area contributed by atoms with Crippen molar-refractivity contribution in [2.24, 2.45) is 0 Å². The maximum Gasteiger partial charge on any atom is 0.409 e. The van der Waals surface area contributed by atoms with E-state index in [4.69, 9.17) is 16.3 Å². The van der Waals surface area contributed by atoms with Gasteiger partial charge in [-0.15, -0.1) is 0 Å². The monoisotopic (exact) mass is 282 g/mol. The van der Waals surface area contributed by atoms with E-state index in [1.165, 1.54) is 4.90 Å². The molecule has 19 heavy (non-hydrogen) atoms. The van der Waals surface area contributed by atoms with Gasteiger partial charge in [0.1, 0.15) is 0 Å². The van der Waals surface area contributed by atoms with Gasteiger partial charge in [0.25, 0.3) is 0 Å². The molecule has 0 aromatic heterocycles. The molecule has 5 nitrogen and oxygen atoms in total. The van der Waals surface area contributed by atoms with Gasteiger partial charge in [-0.3, -0.25) is 4.79 Å². The third-order valence-electron chi connectivity index (χ3n) is 2.81. The highest BCUT2D eigenvalue weighted by atomic mass is 35.5. The number of benzene rings is 1. The lowest BCUT2D eigenvalue weighted by Crippen LogP contribution is -2.39. The minimum Gasteiger partial charge on any atom is -0.449 e. The molecule has 1 aromatic carbocycles. The molecule has 0 unspecified atom stereocenters. The largest absolute Gasteiger partial charge is 0.449 e. The molecule has 1 fully saturated rings. The number of para-hydroxylation sites is 1. The van der Waals surface area contributed by atoms with Crippen LogP contribution in [0.25, 0.3) is 0 Å². The van der Waals surface area contributed by atoms with Crippen LogP contribution in [0.4, 0.5) is 10.5 Å². The Morgan fingerprint density at radius 1 is 1.42 bits per heavy atom. The van der Waals surface area contributed by atoms with Gasteiger partial charge in [-0.2, -0.15) is 0 Å². The van der Waals surface area contributed by atoms with E-state index < -0.39 is 0 Å². The Kier molecular flexibility index (Phi) is 4.63. The number of carbonyl (C=O) groups is 2. The highest BCUT2D eigenvalue weighted by molar-refractivity contribution is 6.33. The topological polar surface area (TPSA) is 58.6 Å². The van der Waals surface area contributed by atoms with Crippen LogP contribution in [0, 0.1) is 0 Å². The molecule has 1 N–H and O–H groups in total. The molecule has 2 amide bonds. The molecule has 1 aromatic rings. The molecule has 0 spiro atoms. The highest BCUT2D eigenvalue weighted by Crippen LogP contribution is 2.20. The second kappa shape index (κ2) is 6.43. The maximum atomic E-state index is 11.8. The number of halogens is 1. The van der Waals surface area contributed by atoms with Crippen molar-refractivity contribution in [3.8, 4) is 0 Å². The van der Waals surface area contributed by atoms with Gasteiger partial charge in [0, 0.05) is 19.5 Å². The summed E-state index contributed by atoms with van der Waals surface area (Å²) in [6.07, 6.45) is 0.676. The number of ether oxygens (including phenoxy) is 1. The number of hydrogen-bond acceptors (Lipinski definition) is 3. The molecule has 2 rings (SSSR count). The zero-order valence-corrected chi connectivity index (χ0v) is 11.2. The minimum absolute atomic E-state index is 0.175. The average molecular weight is 283 g/mol. The highest BCUT2D eigenvalue weighted by Gasteiger charge is 2.20. The number of amides is 2. The van der Waals surface area contributed by atoms with Gasteiger partial charge in [0.2, 0.25) is 5.91 Å². The first kappa shape index (κ1) is 13.7. The van der Waals surface area contributed by atoms with Crippen molar-refractivity contribution in [3.05, 3.63) is 29.3 Å². The van der Waals surface area contributed by atoms with Crippen molar-refractivity contribution in [3.63, 3.8) is 0 Å². The first-order chi connectivity index (χ1) is 9.16. The van der Waals surface area contributed by atoms with Gasteiger partial charge >= 0.3 is 6.09 Å². The third kappa shape index (κ3) is 3.86. The SMILES string of the molecule is O=C(CCN1CCCOC1=O)Nc1ccccc1Cl. The van der Waals surface area contributed by atoms with Crippen molar-refractivity contribution in [1.82, 2.24) is 4.90 Å². The Balaban J connectivity index is 1.81. The summed E-state index contributed by atoms with van der Waals surface area (Å²) >= 11 is 5.94. The van der Waals surface area contributed by atoms with Crippen LogP contribution in [0.2, 0.25) is 5.02 Å². The first-order valence-corrected chi connectivity index (χ1v) is 6.50. The molecule has 1 heterocycles. The van der Waals surface area contributed by atoms with E-state index in [1.54, 1.807) is 24.3 Å². The van der Waals surface area contributed by atoms with Crippen molar-refractivity contribution < 1.29 is 14.3 Å². The van der Waals surface area contributed by atoms with E-state index in [2.05, 4.69) is 5.32 Å². The van der Waals surface area contributed by atoms with Gasteiger partial charge in [-0.05, 0) is 18.6 Å². The summed E-state index contributed by atoms with van der Waals surface area (Å²) in [4.78, 5) is 24.7. The van der Waals surface area contributed by atoms with E-state index >= 15 is 0 Å². The molecule has 0 aliphatic carbocycles. The van der Waals surface area contributed by atoms with Crippen molar-refractivity contribution in [1.29, 1.82) is 0 Å². The quantitative estimate of drug-likeness (QED) is 0.923. The standard InChI is InChI=1S/C13H15ClN2O3/c14-10-4-1-2-5-11(10)15-12(17)6-8-16-7-3-9-19-13(16)18/h1-2,4-5H,3,6-9H2,(H,15,17). The fourth-order valence-electron chi connectivity index (χ4n) is 1.81. The second-order valence-corrected chi connectivity index (χ2v) is 4.64. The summed E-state index contributed by atoms with van der Waals surface area (Å²) in [7, 11) is 0. The maximum absolute atomic E-state index is 11.8. The van der Waals surface area contributed by atoms with Crippen LogP contribution in [0.1, 0.15) is 12.8 Å². The molecule has 1 aliphatic rings. The molecule has 0 saturated carbocycles. The molecule has 1 aliphatic heterocycles. The number of carbonyl (C=O) groups excluding carboxylic acids is 2. The molecular weight excluding hydrogens is 268 g/mol. The number of nitrogens with one attached hydrogen (secondary N) is 1.